The van der Waals surface area contributed by atoms with E-state index in [9.17, 15) is 4.79 Å². The summed E-state index contributed by atoms with van der Waals surface area (Å²) in [6.07, 6.45) is 0.880. The predicted molar refractivity (Wildman–Crippen MR) is 79.8 cm³/mol. The zero-order valence-electron chi connectivity index (χ0n) is 10.6. The summed E-state index contributed by atoms with van der Waals surface area (Å²) < 4.78 is 0. The van der Waals surface area contributed by atoms with Crippen LogP contribution >= 0.6 is 22.9 Å². The zero-order chi connectivity index (χ0) is 14.1. The molecule has 0 fully saturated rings. The van der Waals surface area contributed by atoms with E-state index in [0.717, 1.165) is 6.42 Å². The highest BCUT2D eigenvalue weighted by atomic mass is 35.5. The zero-order valence-corrected chi connectivity index (χ0v) is 12.2. The molecule has 1 aliphatic rings. The third-order valence-corrected chi connectivity index (χ3v) is 4.62. The molecule has 0 spiro atoms. The average Bonchev–Trinajstić information content (AvgIpc) is 2.94. The van der Waals surface area contributed by atoms with E-state index in [1.54, 1.807) is 28.4 Å². The van der Waals surface area contributed by atoms with Gasteiger partial charge in [-0.1, -0.05) is 11.6 Å². The minimum Gasteiger partial charge on any atom is -0.333 e. The van der Waals surface area contributed by atoms with Gasteiger partial charge in [0.05, 0.1) is 5.02 Å². The summed E-state index contributed by atoms with van der Waals surface area (Å²) in [5.74, 6) is 5.58. The summed E-state index contributed by atoms with van der Waals surface area (Å²) in [5.41, 5.74) is 3.87. The van der Waals surface area contributed by atoms with Crippen LogP contribution in [0.25, 0.3) is 0 Å². The minimum atomic E-state index is -0.163. The van der Waals surface area contributed by atoms with E-state index in [1.807, 2.05) is 0 Å². The number of nitrogens with one attached hydrogen (secondary N) is 1. The third kappa shape index (κ3) is 2.37. The first kappa shape index (κ1) is 13.4. The Labute approximate surface area is 125 Å². The monoisotopic (exact) mass is 308 g/mol. The summed E-state index contributed by atoms with van der Waals surface area (Å²) >= 11 is 7.81. The lowest BCUT2D eigenvalue weighted by molar-refractivity contribution is 0.0730. The van der Waals surface area contributed by atoms with Crippen molar-refractivity contribution >= 4 is 34.7 Å². The molecule has 0 aromatic carbocycles. The number of anilines is 1. The second kappa shape index (κ2) is 5.40. The van der Waals surface area contributed by atoms with Gasteiger partial charge in [0.2, 0.25) is 0 Å². The molecular weight excluding hydrogens is 296 g/mol. The molecule has 5 nitrogen and oxygen atoms in total. The molecule has 2 aromatic heterocycles. The quantitative estimate of drug-likeness (QED) is 0.659. The number of aromatic nitrogens is 1. The SMILES string of the molecule is NNc1ccc(Cl)c(C(=O)N2CCc3sccc3C2)n1. The number of hydrogen-bond donors (Lipinski definition) is 2. The van der Waals surface area contributed by atoms with Crippen LogP contribution < -0.4 is 11.3 Å². The van der Waals surface area contributed by atoms with Crippen molar-refractivity contribution in [1.82, 2.24) is 9.88 Å². The second-order valence-electron chi connectivity index (χ2n) is 4.52. The van der Waals surface area contributed by atoms with Gasteiger partial charge in [0.15, 0.2) is 0 Å². The molecule has 3 rings (SSSR count). The van der Waals surface area contributed by atoms with Crippen LogP contribution in [0.1, 0.15) is 20.9 Å². The average molecular weight is 309 g/mol. The molecule has 0 aliphatic carbocycles. The number of rotatable bonds is 2. The number of nitrogens with zero attached hydrogens (tertiary/aromatic N) is 2. The van der Waals surface area contributed by atoms with E-state index >= 15 is 0 Å². The van der Waals surface area contributed by atoms with E-state index in [0.29, 0.717) is 23.9 Å². The van der Waals surface area contributed by atoms with Crippen LogP contribution in [0, 0.1) is 0 Å². The lowest BCUT2D eigenvalue weighted by Gasteiger charge is -2.27. The van der Waals surface area contributed by atoms with Gasteiger partial charge in [-0.25, -0.2) is 10.8 Å². The highest BCUT2D eigenvalue weighted by Crippen LogP contribution is 2.26. The van der Waals surface area contributed by atoms with Crippen LogP contribution in [0.15, 0.2) is 23.6 Å². The first-order chi connectivity index (χ1) is 9.69. The van der Waals surface area contributed by atoms with Crippen LogP contribution in [0.2, 0.25) is 5.02 Å². The standard InChI is InChI=1S/C13H13ClN4OS/c14-9-1-2-11(17-15)16-12(9)13(19)18-5-3-10-8(7-18)4-6-20-10/h1-2,4,6H,3,5,7,15H2,(H,16,17). The van der Waals surface area contributed by atoms with Crippen molar-refractivity contribution in [3.8, 4) is 0 Å². The number of carbonyl (C=O) groups is 1. The highest BCUT2D eigenvalue weighted by molar-refractivity contribution is 7.10. The van der Waals surface area contributed by atoms with Crippen molar-refractivity contribution in [3.05, 3.63) is 44.7 Å². The van der Waals surface area contributed by atoms with E-state index < -0.39 is 0 Å². The van der Waals surface area contributed by atoms with Gasteiger partial charge in [0, 0.05) is 18.0 Å². The second-order valence-corrected chi connectivity index (χ2v) is 5.92. The molecule has 0 bridgehead atoms. The number of fused-ring (bicyclic) bond motifs is 1. The number of hydrogen-bond acceptors (Lipinski definition) is 5. The number of thiophene rings is 1. The van der Waals surface area contributed by atoms with Crippen molar-refractivity contribution in [2.75, 3.05) is 12.0 Å². The van der Waals surface area contributed by atoms with Gasteiger partial charge in [0.25, 0.3) is 5.91 Å². The topological polar surface area (TPSA) is 71.2 Å². The number of nitrogens with two attached hydrogens (primary N) is 1. The Morgan fingerprint density at radius 1 is 1.45 bits per heavy atom. The van der Waals surface area contributed by atoms with E-state index in [-0.39, 0.29) is 11.6 Å². The Morgan fingerprint density at radius 2 is 2.30 bits per heavy atom. The Bertz CT molecular complexity index is 658. The van der Waals surface area contributed by atoms with Gasteiger partial charge in [-0.3, -0.25) is 4.79 Å². The number of carbonyl (C=O) groups excluding carboxylic acids is 1. The molecule has 0 saturated heterocycles. The predicted octanol–water partition coefficient (Wildman–Crippen LogP) is 2.28. The molecule has 0 saturated carbocycles. The number of halogens is 1. The summed E-state index contributed by atoms with van der Waals surface area (Å²) in [6.45, 7) is 1.29. The van der Waals surface area contributed by atoms with Gasteiger partial charge in [-0.05, 0) is 35.6 Å². The molecule has 2 aromatic rings. The molecule has 1 amide bonds. The number of hydrazine groups is 1. The Balaban J connectivity index is 1.87. The maximum absolute atomic E-state index is 12.5. The highest BCUT2D eigenvalue weighted by Gasteiger charge is 2.25. The van der Waals surface area contributed by atoms with Gasteiger partial charge < -0.3 is 10.3 Å². The van der Waals surface area contributed by atoms with Crippen LogP contribution in [0.5, 0.6) is 0 Å². The van der Waals surface area contributed by atoms with E-state index in [4.69, 9.17) is 17.4 Å². The van der Waals surface area contributed by atoms with Crippen LogP contribution in [0.3, 0.4) is 0 Å². The molecule has 0 unspecified atom stereocenters. The largest absolute Gasteiger partial charge is 0.333 e. The Hall–Kier alpha value is -1.63. The fourth-order valence-electron chi connectivity index (χ4n) is 2.24. The lowest BCUT2D eigenvalue weighted by Crippen LogP contribution is -2.36. The summed E-state index contributed by atoms with van der Waals surface area (Å²) in [5, 5.41) is 2.40. The van der Waals surface area contributed by atoms with Gasteiger partial charge >= 0.3 is 0 Å². The number of amides is 1. The van der Waals surface area contributed by atoms with E-state index in [1.165, 1.54) is 10.4 Å². The molecule has 7 heteroatoms. The lowest BCUT2D eigenvalue weighted by atomic mass is 10.1. The molecule has 1 aliphatic heterocycles. The Morgan fingerprint density at radius 3 is 3.10 bits per heavy atom. The molecule has 20 heavy (non-hydrogen) atoms. The van der Waals surface area contributed by atoms with E-state index in [2.05, 4.69) is 21.9 Å². The number of pyridine rings is 1. The van der Waals surface area contributed by atoms with Crippen molar-refractivity contribution in [1.29, 1.82) is 0 Å². The smallest absolute Gasteiger partial charge is 0.274 e. The maximum atomic E-state index is 12.5. The molecule has 104 valence electrons. The van der Waals surface area contributed by atoms with Gasteiger partial charge in [-0.15, -0.1) is 11.3 Å². The first-order valence-electron chi connectivity index (χ1n) is 6.16. The summed E-state index contributed by atoms with van der Waals surface area (Å²) in [6, 6.07) is 5.32. The molecule has 0 atom stereocenters. The number of nitrogen functional groups attached to an aromatic ring is 1. The molecular formula is C13H13ClN4OS. The van der Waals surface area contributed by atoms with Crippen LogP contribution in [-0.2, 0) is 13.0 Å². The molecule has 0 radical (unpaired) electrons. The third-order valence-electron chi connectivity index (χ3n) is 3.29. The maximum Gasteiger partial charge on any atom is 0.274 e. The van der Waals surface area contributed by atoms with Crippen molar-refractivity contribution in [2.24, 2.45) is 5.84 Å². The van der Waals surface area contributed by atoms with Gasteiger partial charge in [0.1, 0.15) is 11.5 Å². The Kier molecular flexibility index (Phi) is 3.60. The van der Waals surface area contributed by atoms with Crippen molar-refractivity contribution in [3.63, 3.8) is 0 Å². The van der Waals surface area contributed by atoms with Crippen LogP contribution in [-0.4, -0.2) is 22.3 Å². The van der Waals surface area contributed by atoms with Crippen molar-refractivity contribution in [2.45, 2.75) is 13.0 Å². The fraction of sp³-hybridized carbons (Fsp3) is 0.231. The van der Waals surface area contributed by atoms with Crippen molar-refractivity contribution < 1.29 is 4.79 Å². The fourth-order valence-corrected chi connectivity index (χ4v) is 3.32. The molecule has 3 N–H and O–H groups in total. The minimum absolute atomic E-state index is 0.163. The normalized spacial score (nSPS) is 14.0. The summed E-state index contributed by atoms with van der Waals surface area (Å²) in [4.78, 5) is 19.8. The van der Waals surface area contributed by atoms with Crippen LogP contribution in [0.4, 0.5) is 5.82 Å². The molecule has 3 heterocycles. The summed E-state index contributed by atoms with van der Waals surface area (Å²) in [7, 11) is 0. The van der Waals surface area contributed by atoms with Gasteiger partial charge in [-0.2, -0.15) is 0 Å². The first-order valence-corrected chi connectivity index (χ1v) is 7.42.